The molecule has 24 nitrogen and oxygen atoms in total. The van der Waals surface area contributed by atoms with Gasteiger partial charge in [-0.3, -0.25) is 9.59 Å². The van der Waals surface area contributed by atoms with Crippen molar-refractivity contribution in [2.45, 2.75) is 151 Å². The Hall–Kier alpha value is -10.9. The number of nitrogens with zero attached hydrogens (tertiary/aromatic N) is 10. The molecule has 4 aliphatic heterocycles. The molecule has 6 aromatic heterocycles. The van der Waals surface area contributed by atoms with E-state index in [-0.39, 0.29) is 17.2 Å². The molecular formula is C94H120N10O14. The van der Waals surface area contributed by atoms with E-state index in [1.807, 2.05) is 108 Å². The van der Waals surface area contributed by atoms with E-state index in [2.05, 4.69) is 92.2 Å². The SMILES string of the molecule is C=CCc1cc(O)cc2c(C)noc12.CC=Cc1cc(O)cc2c(C)noc12.CC=Cc1cc(OC)cc2c(C)noc12.CC=Cc1cc(OC)cc2c(CCC3CCN(C)CC3)noc12.CCC1CCN(C)CC1.CN1CCC(CCc2noc3c(C=O)cc(O)cc23)CC1.COc1cc(C=O)c2onc(CCC3CCN(C)CC3)c2c1. The second kappa shape index (κ2) is 44.0. The van der Waals surface area contributed by atoms with Gasteiger partial charge in [0.25, 0.3) is 0 Å². The number of aryl methyl sites for hydroxylation is 6. The second-order valence-electron chi connectivity index (χ2n) is 31.5. The highest BCUT2D eigenvalue weighted by atomic mass is 16.5. The van der Waals surface area contributed by atoms with Gasteiger partial charge in [-0.05, 0) is 315 Å². The van der Waals surface area contributed by atoms with Crippen molar-refractivity contribution in [3.8, 4) is 34.5 Å². The minimum Gasteiger partial charge on any atom is -0.508 e. The first kappa shape index (κ1) is 89.4. The van der Waals surface area contributed by atoms with Gasteiger partial charge in [-0.25, -0.2) is 0 Å². The Labute approximate surface area is 692 Å². The quantitative estimate of drug-likeness (QED) is 0.0472. The predicted molar refractivity (Wildman–Crippen MR) is 468 cm³/mol. The Morgan fingerprint density at radius 3 is 1.03 bits per heavy atom. The van der Waals surface area contributed by atoms with Crippen LogP contribution in [-0.2, 0) is 25.7 Å². The molecule has 0 spiro atoms. The maximum Gasteiger partial charge on any atom is 0.177 e. The van der Waals surface area contributed by atoms with Crippen LogP contribution in [0.1, 0.15) is 182 Å². The largest absolute Gasteiger partial charge is 0.508 e. The van der Waals surface area contributed by atoms with Gasteiger partial charge in [0.1, 0.15) is 34.5 Å². The fraction of sp³-hybridized carbons (Fsp3) is 0.447. The van der Waals surface area contributed by atoms with Crippen molar-refractivity contribution in [1.82, 2.24) is 50.5 Å². The molecule has 6 aromatic carbocycles. The smallest absolute Gasteiger partial charge is 0.177 e. The maximum absolute atomic E-state index is 11.2. The van der Waals surface area contributed by atoms with E-state index in [0.29, 0.717) is 40.7 Å². The van der Waals surface area contributed by atoms with Gasteiger partial charge in [-0.15, -0.1) is 6.58 Å². The molecule has 3 N–H and O–H groups in total. The zero-order valence-corrected chi connectivity index (χ0v) is 71.4. The Bertz CT molecular complexity index is 5320. The number of phenolic OH excluding ortho intramolecular Hbond substituents is 3. The summed E-state index contributed by atoms with van der Waals surface area (Å²) in [6.45, 7) is 27.2. The van der Waals surface area contributed by atoms with E-state index in [1.54, 1.807) is 63.8 Å². The fourth-order valence-electron chi connectivity index (χ4n) is 15.7. The van der Waals surface area contributed by atoms with Crippen LogP contribution in [0.25, 0.3) is 84.0 Å². The van der Waals surface area contributed by atoms with Crippen molar-refractivity contribution in [3.63, 3.8) is 0 Å². The van der Waals surface area contributed by atoms with Crippen LogP contribution in [0.5, 0.6) is 34.5 Å². The lowest BCUT2D eigenvalue weighted by molar-refractivity contribution is 0.111. The van der Waals surface area contributed by atoms with Crippen molar-refractivity contribution in [2.24, 2.45) is 23.7 Å². The van der Waals surface area contributed by atoms with E-state index in [1.165, 1.54) is 110 Å². The third kappa shape index (κ3) is 23.9. The molecule has 0 unspecified atom stereocenters. The molecule has 118 heavy (non-hydrogen) atoms. The molecule has 10 heterocycles. The van der Waals surface area contributed by atoms with Crippen LogP contribution in [0.3, 0.4) is 0 Å². The third-order valence-corrected chi connectivity index (χ3v) is 23.0. The number of carbonyl (C=O) groups is 2. The minimum atomic E-state index is 0.0772. The zero-order valence-electron chi connectivity index (χ0n) is 71.4. The van der Waals surface area contributed by atoms with Gasteiger partial charge >= 0.3 is 0 Å². The van der Waals surface area contributed by atoms with Crippen molar-refractivity contribution in [2.75, 3.05) is 102 Å². The number of methoxy groups -OCH3 is 3. The summed E-state index contributed by atoms with van der Waals surface area (Å²) in [5.41, 5.74) is 14.1. The highest BCUT2D eigenvalue weighted by molar-refractivity contribution is 5.98. The van der Waals surface area contributed by atoms with Crippen LogP contribution in [0.15, 0.2) is 131 Å². The Morgan fingerprint density at radius 1 is 0.390 bits per heavy atom. The number of ether oxygens (including phenoxy) is 3. The first-order valence-corrected chi connectivity index (χ1v) is 41.4. The molecule has 0 atom stereocenters. The average Bonchev–Trinajstić information content (AvgIpc) is 1.66. The number of carbonyl (C=O) groups excluding carboxylic acids is 2. The number of likely N-dealkylation sites (tertiary alicyclic amines) is 4. The molecule has 0 radical (unpaired) electrons. The summed E-state index contributed by atoms with van der Waals surface area (Å²) in [6, 6.07) is 21.2. The number of fused-ring (bicyclic) bond motifs is 6. The number of benzene rings is 6. The van der Waals surface area contributed by atoms with Gasteiger partial charge in [-0.2, -0.15) is 0 Å². The fourth-order valence-corrected chi connectivity index (χ4v) is 15.7. The number of hydrogen-bond acceptors (Lipinski definition) is 24. The predicted octanol–water partition coefficient (Wildman–Crippen LogP) is 20.0. The topological polar surface area (TPSA) is 292 Å². The average molecular weight is 1610 g/mol. The zero-order chi connectivity index (χ0) is 84.4. The Balaban J connectivity index is 0.000000147. The molecule has 4 saturated heterocycles. The van der Waals surface area contributed by atoms with Crippen molar-refractivity contribution in [1.29, 1.82) is 0 Å². The molecule has 24 heteroatoms. The molecule has 4 fully saturated rings. The van der Waals surface area contributed by atoms with Crippen molar-refractivity contribution in [3.05, 3.63) is 171 Å². The first-order valence-electron chi connectivity index (χ1n) is 41.4. The highest BCUT2D eigenvalue weighted by Gasteiger charge is 2.25. The molecule has 0 amide bonds. The van der Waals surface area contributed by atoms with Gasteiger partial charge in [0, 0.05) is 54.6 Å². The summed E-state index contributed by atoms with van der Waals surface area (Å²) < 4.78 is 47.8. The summed E-state index contributed by atoms with van der Waals surface area (Å²) in [6.07, 6.45) is 33.5. The van der Waals surface area contributed by atoms with E-state index >= 15 is 0 Å². The lowest BCUT2D eigenvalue weighted by atomic mass is 9.91. The summed E-state index contributed by atoms with van der Waals surface area (Å²) in [5, 5.41) is 58.4. The highest BCUT2D eigenvalue weighted by Crippen LogP contribution is 2.36. The number of allylic oxidation sites excluding steroid dienone is 4. The standard InChI is InChI=1S/C19H26N2O2.C17H22N2O3.C16H20N2O3.C12H13NO2.2C11H11NO2.C8H17N/c1-4-5-15-12-16(22-3)13-17-18(20-23-19(15)17)7-6-14-8-10-21(2)11-9-14;1-19-7-5-12(6-8-19)3-4-16-15-10-14(21-2)9-13(11-20)17(15)22-18-16;1-18-6-4-11(5-7-18)2-3-15-14-9-13(20)8-12(10-19)16(14)21-17-15;1-4-5-9-6-10(14-3)7-11-8(2)13-15-12(9)11;2*1-3-4-8-5-9(13)6-10-7(2)12-14-11(8)10;1-3-8-4-6-9(2)7-5-8/h4-5,12-14H,6-11H2,1-3H3;9-12H,3-8H2,1-2H3;8-11,20H,2-7H2,1H3;4-7H,1-3H3;3-6,13H,1-2H3;3,5-6,13H,1,4H2,2H3;8H,3-7H2,1-2H3. The number of aromatic nitrogens is 6. The van der Waals surface area contributed by atoms with Crippen molar-refractivity contribution < 1.29 is 66.3 Å². The van der Waals surface area contributed by atoms with Gasteiger partial charge in [0.2, 0.25) is 0 Å². The van der Waals surface area contributed by atoms with Gasteiger partial charge in [0.05, 0.1) is 66.6 Å². The molecule has 630 valence electrons. The third-order valence-electron chi connectivity index (χ3n) is 23.0. The minimum absolute atomic E-state index is 0.0772. The number of piperidine rings is 4. The number of rotatable bonds is 20. The summed E-state index contributed by atoms with van der Waals surface area (Å²) in [4.78, 5) is 31.8. The summed E-state index contributed by atoms with van der Waals surface area (Å²) in [7, 11) is 13.7. The molecule has 0 saturated carbocycles. The van der Waals surface area contributed by atoms with Gasteiger partial charge in [-0.1, -0.05) is 86.8 Å². The van der Waals surface area contributed by atoms with E-state index in [9.17, 15) is 24.9 Å². The maximum atomic E-state index is 11.2. The van der Waals surface area contributed by atoms with Crippen molar-refractivity contribution >= 4 is 96.6 Å². The summed E-state index contributed by atoms with van der Waals surface area (Å²) in [5.74, 6) is 6.19. The molecule has 12 aromatic rings. The number of hydrogen-bond donors (Lipinski definition) is 3. The molecular weight excluding hydrogens is 1490 g/mol. The van der Waals surface area contributed by atoms with Crippen LogP contribution in [-0.4, -0.2) is 180 Å². The van der Waals surface area contributed by atoms with Gasteiger partial charge < -0.3 is 76.3 Å². The van der Waals surface area contributed by atoms with E-state index in [0.717, 1.165) is 198 Å². The number of aromatic hydroxyl groups is 3. The van der Waals surface area contributed by atoms with E-state index < -0.39 is 0 Å². The Kier molecular flexibility index (Phi) is 33.4. The second-order valence-corrected chi connectivity index (χ2v) is 31.5. The van der Waals surface area contributed by atoms with Crippen LogP contribution >= 0.6 is 0 Å². The first-order chi connectivity index (χ1) is 57.1. The molecule has 0 aliphatic carbocycles. The lowest BCUT2D eigenvalue weighted by Gasteiger charge is -2.28. The molecule has 4 aliphatic rings. The van der Waals surface area contributed by atoms with E-state index in [4.69, 9.17) is 41.3 Å². The summed E-state index contributed by atoms with van der Waals surface area (Å²) >= 11 is 0. The van der Waals surface area contributed by atoms with Crippen LogP contribution in [0.2, 0.25) is 0 Å². The van der Waals surface area contributed by atoms with Crippen LogP contribution in [0, 0.1) is 44.4 Å². The monoisotopic (exact) mass is 1610 g/mol. The van der Waals surface area contributed by atoms with Crippen LogP contribution in [0.4, 0.5) is 0 Å². The molecule has 16 rings (SSSR count). The van der Waals surface area contributed by atoms with Gasteiger partial charge in [0.15, 0.2) is 46.1 Å². The lowest BCUT2D eigenvalue weighted by Crippen LogP contribution is -2.30. The Morgan fingerprint density at radius 2 is 0.669 bits per heavy atom. The number of aldehydes is 2. The molecule has 0 bridgehead atoms. The van der Waals surface area contributed by atoms with Crippen LogP contribution < -0.4 is 14.2 Å². The normalized spacial score (nSPS) is 15.6. The number of phenols is 3.